The number of aryl methyl sites for hydroxylation is 2. The summed E-state index contributed by atoms with van der Waals surface area (Å²) in [7, 11) is 0. The number of ether oxygens (including phenoxy) is 1. The molecule has 6 rings (SSSR count). The Labute approximate surface area is 251 Å². The van der Waals surface area contributed by atoms with Crippen molar-refractivity contribution < 1.29 is 24.2 Å². The van der Waals surface area contributed by atoms with Gasteiger partial charge in [0, 0.05) is 35.8 Å². The van der Waals surface area contributed by atoms with E-state index in [0.29, 0.717) is 19.7 Å². The standard InChI is InChI=1S/C33H37N3O5S/c1-5-41-24-13-11-23(12-14-24)34-17-7-15-32(4)25(29(34)38)26-30(39)36(19-20-37)28-31(40)35(18-8-16-33(26,28)42-32)27-21(2)9-6-10-22(27)3/h6-16,25-26,28,37H,5,17-20H2,1-4H3/t25-,26+,28?,32+,33+/m1/s1. The van der Waals surface area contributed by atoms with Crippen LogP contribution in [0.5, 0.6) is 5.75 Å². The van der Waals surface area contributed by atoms with Crippen molar-refractivity contribution >= 4 is 40.9 Å². The van der Waals surface area contributed by atoms with Crippen LogP contribution in [-0.2, 0) is 14.4 Å². The van der Waals surface area contributed by atoms with E-state index in [1.807, 2.05) is 88.4 Å². The van der Waals surface area contributed by atoms with Crippen LogP contribution in [0.25, 0.3) is 0 Å². The highest BCUT2D eigenvalue weighted by molar-refractivity contribution is 8.02. The van der Waals surface area contributed by atoms with Gasteiger partial charge in [-0.25, -0.2) is 0 Å². The quantitative estimate of drug-likeness (QED) is 0.516. The molecule has 2 aromatic rings. The lowest BCUT2D eigenvalue weighted by Crippen LogP contribution is -2.54. The van der Waals surface area contributed by atoms with Crippen LogP contribution in [0.2, 0.25) is 0 Å². The molecule has 8 nitrogen and oxygen atoms in total. The van der Waals surface area contributed by atoms with E-state index >= 15 is 0 Å². The number of benzene rings is 2. The normalized spacial score (nSPS) is 30.3. The molecule has 0 aliphatic carbocycles. The summed E-state index contributed by atoms with van der Waals surface area (Å²) in [4.78, 5) is 48.5. The molecule has 0 aromatic heterocycles. The molecule has 2 saturated heterocycles. The molecule has 2 fully saturated rings. The Hall–Kier alpha value is -3.56. The van der Waals surface area contributed by atoms with Crippen molar-refractivity contribution in [3.63, 3.8) is 0 Å². The lowest BCUT2D eigenvalue weighted by Gasteiger charge is -2.37. The number of nitrogens with zero attached hydrogens (tertiary/aromatic N) is 3. The number of rotatable bonds is 6. The number of aliphatic hydroxyl groups is 1. The molecule has 220 valence electrons. The number of β-amino-alcohol motifs (C(OH)–C–C–N with tert-alkyl or cyclic N) is 1. The first kappa shape index (κ1) is 28.6. The third-order valence-corrected chi connectivity index (χ3v) is 10.9. The highest BCUT2D eigenvalue weighted by atomic mass is 32.2. The van der Waals surface area contributed by atoms with Crippen LogP contribution in [0.3, 0.4) is 0 Å². The molecule has 0 bridgehead atoms. The molecule has 1 unspecified atom stereocenters. The molecule has 5 atom stereocenters. The number of carbonyl (C=O) groups is 3. The average molecular weight is 588 g/mol. The third-order valence-electron chi connectivity index (χ3n) is 9.07. The summed E-state index contributed by atoms with van der Waals surface area (Å²) in [6.07, 6.45) is 8.03. The molecular weight excluding hydrogens is 550 g/mol. The maximum absolute atomic E-state index is 14.6. The van der Waals surface area contributed by atoms with Crippen LogP contribution in [0, 0.1) is 25.7 Å². The van der Waals surface area contributed by atoms with Gasteiger partial charge >= 0.3 is 0 Å². The zero-order valence-corrected chi connectivity index (χ0v) is 25.3. The number of amides is 3. The second kappa shape index (κ2) is 10.6. The summed E-state index contributed by atoms with van der Waals surface area (Å²) in [5.41, 5.74) is 3.52. The first-order valence-electron chi connectivity index (χ1n) is 14.6. The van der Waals surface area contributed by atoms with Gasteiger partial charge in [0.2, 0.25) is 11.8 Å². The zero-order chi connectivity index (χ0) is 29.8. The average Bonchev–Trinajstić information content (AvgIpc) is 3.22. The van der Waals surface area contributed by atoms with Crippen LogP contribution in [0.4, 0.5) is 11.4 Å². The second-order valence-corrected chi connectivity index (χ2v) is 13.4. The highest BCUT2D eigenvalue weighted by Gasteiger charge is 2.74. The molecule has 4 heterocycles. The van der Waals surface area contributed by atoms with Crippen LogP contribution in [0.15, 0.2) is 66.8 Å². The number of carbonyl (C=O) groups excluding carboxylic acids is 3. The zero-order valence-electron chi connectivity index (χ0n) is 24.4. The lowest BCUT2D eigenvalue weighted by molar-refractivity contribution is -0.139. The fourth-order valence-electron chi connectivity index (χ4n) is 7.42. The molecule has 4 aliphatic heterocycles. The van der Waals surface area contributed by atoms with E-state index < -0.39 is 27.4 Å². The Balaban J connectivity index is 1.44. The minimum absolute atomic E-state index is 0.0263. The van der Waals surface area contributed by atoms with Crippen molar-refractivity contribution in [2.24, 2.45) is 11.8 Å². The Morgan fingerprint density at radius 2 is 1.57 bits per heavy atom. The lowest BCUT2D eigenvalue weighted by atomic mass is 9.74. The summed E-state index contributed by atoms with van der Waals surface area (Å²) in [6.45, 7) is 8.94. The number of anilines is 2. The molecule has 1 spiro atoms. The number of para-hydroxylation sites is 1. The number of fused-ring (bicyclic) bond motifs is 2. The van der Waals surface area contributed by atoms with Gasteiger partial charge in [-0.2, -0.15) is 0 Å². The Morgan fingerprint density at radius 1 is 0.905 bits per heavy atom. The van der Waals surface area contributed by atoms with Crippen molar-refractivity contribution in [2.45, 2.75) is 43.2 Å². The van der Waals surface area contributed by atoms with Crippen molar-refractivity contribution in [1.82, 2.24) is 4.90 Å². The molecule has 0 radical (unpaired) electrons. The van der Waals surface area contributed by atoms with E-state index in [9.17, 15) is 19.5 Å². The largest absolute Gasteiger partial charge is 0.494 e. The topological polar surface area (TPSA) is 90.4 Å². The summed E-state index contributed by atoms with van der Waals surface area (Å²) in [5.74, 6) is -1.32. The molecule has 2 aromatic carbocycles. The van der Waals surface area contributed by atoms with Crippen molar-refractivity contribution in [3.05, 3.63) is 77.9 Å². The molecule has 9 heteroatoms. The van der Waals surface area contributed by atoms with Crippen LogP contribution in [-0.4, -0.2) is 76.1 Å². The number of hydrogen-bond acceptors (Lipinski definition) is 6. The number of aliphatic hydroxyl groups excluding tert-OH is 1. The molecule has 42 heavy (non-hydrogen) atoms. The smallest absolute Gasteiger partial charge is 0.251 e. The number of likely N-dealkylation sites (tertiary alicyclic amines) is 1. The molecule has 4 aliphatic rings. The first-order valence-corrected chi connectivity index (χ1v) is 15.4. The van der Waals surface area contributed by atoms with Gasteiger partial charge in [-0.3, -0.25) is 14.4 Å². The van der Waals surface area contributed by atoms with Gasteiger partial charge in [0.05, 0.1) is 29.8 Å². The summed E-state index contributed by atoms with van der Waals surface area (Å²) >= 11 is 1.55. The van der Waals surface area contributed by atoms with Gasteiger partial charge in [-0.1, -0.05) is 42.5 Å². The van der Waals surface area contributed by atoms with Gasteiger partial charge in [0.25, 0.3) is 5.91 Å². The van der Waals surface area contributed by atoms with Gasteiger partial charge < -0.3 is 24.5 Å². The summed E-state index contributed by atoms with van der Waals surface area (Å²) in [6, 6.07) is 12.5. The van der Waals surface area contributed by atoms with E-state index in [0.717, 1.165) is 28.3 Å². The van der Waals surface area contributed by atoms with Gasteiger partial charge in [-0.05, 0) is 63.1 Å². The van der Waals surface area contributed by atoms with Crippen molar-refractivity contribution in [2.75, 3.05) is 42.6 Å². The van der Waals surface area contributed by atoms with E-state index in [2.05, 4.69) is 6.08 Å². The fraction of sp³-hybridized carbons (Fsp3) is 0.424. The highest BCUT2D eigenvalue weighted by Crippen LogP contribution is 2.65. The van der Waals surface area contributed by atoms with E-state index in [-0.39, 0.29) is 30.9 Å². The Bertz CT molecular complexity index is 1470. The monoisotopic (exact) mass is 587 g/mol. The third kappa shape index (κ3) is 4.20. The van der Waals surface area contributed by atoms with E-state index in [1.54, 1.807) is 21.6 Å². The number of thioether (sulfide) groups is 1. The Kier molecular flexibility index (Phi) is 7.22. The van der Waals surface area contributed by atoms with Crippen molar-refractivity contribution in [1.29, 1.82) is 0 Å². The van der Waals surface area contributed by atoms with Gasteiger partial charge in [0.1, 0.15) is 11.8 Å². The molecule has 0 saturated carbocycles. The molecule has 3 amide bonds. The maximum atomic E-state index is 14.6. The minimum atomic E-state index is -0.962. The van der Waals surface area contributed by atoms with E-state index in [1.165, 1.54) is 4.90 Å². The maximum Gasteiger partial charge on any atom is 0.251 e. The SMILES string of the molecule is CCOc1ccc(N2CC=C[C@]3(C)S[C@]45C=CCN(c6c(C)cccc6C)C(=O)C4N(CCO)C(=O)[C@@H]5[C@@H]3C2=O)cc1. The fourth-order valence-corrected chi connectivity index (χ4v) is 9.58. The molecule has 1 N–H and O–H groups in total. The number of hydrogen-bond donors (Lipinski definition) is 1. The summed E-state index contributed by atoms with van der Waals surface area (Å²) in [5, 5.41) is 10.0. The Morgan fingerprint density at radius 3 is 2.24 bits per heavy atom. The van der Waals surface area contributed by atoms with Crippen molar-refractivity contribution in [3.8, 4) is 5.75 Å². The van der Waals surface area contributed by atoms with Crippen LogP contribution >= 0.6 is 11.8 Å². The predicted molar refractivity (Wildman–Crippen MR) is 165 cm³/mol. The summed E-state index contributed by atoms with van der Waals surface area (Å²) < 4.78 is 3.92. The van der Waals surface area contributed by atoms with Crippen LogP contribution in [0.1, 0.15) is 25.0 Å². The van der Waals surface area contributed by atoms with Gasteiger partial charge in [-0.15, -0.1) is 11.8 Å². The van der Waals surface area contributed by atoms with E-state index in [4.69, 9.17) is 4.74 Å². The molecular formula is C33H37N3O5S. The predicted octanol–water partition coefficient (Wildman–Crippen LogP) is 3.89. The first-order chi connectivity index (χ1) is 20.2. The van der Waals surface area contributed by atoms with Crippen LogP contribution < -0.4 is 14.5 Å². The van der Waals surface area contributed by atoms with Gasteiger partial charge in [0.15, 0.2) is 0 Å². The minimum Gasteiger partial charge on any atom is -0.494 e. The second-order valence-electron chi connectivity index (χ2n) is 11.6.